The van der Waals surface area contributed by atoms with Crippen molar-refractivity contribution in [3.8, 4) is 11.3 Å². The van der Waals surface area contributed by atoms with Crippen LogP contribution in [0.15, 0.2) is 47.6 Å². The first kappa shape index (κ1) is 21.7. The molecule has 13 heteroatoms. The summed E-state index contributed by atoms with van der Waals surface area (Å²) in [6, 6.07) is 3.16. The van der Waals surface area contributed by atoms with Gasteiger partial charge in [0.25, 0.3) is 10.0 Å². The van der Waals surface area contributed by atoms with Gasteiger partial charge in [0.05, 0.1) is 29.2 Å². The number of halogens is 6. The zero-order valence-electron chi connectivity index (χ0n) is 16.4. The summed E-state index contributed by atoms with van der Waals surface area (Å²) in [6.45, 7) is 0. The summed E-state index contributed by atoms with van der Waals surface area (Å²) in [5, 5.41) is 6.69. The van der Waals surface area contributed by atoms with Crippen molar-refractivity contribution in [3.05, 3.63) is 59.5 Å². The predicted molar refractivity (Wildman–Crippen MR) is 103 cm³/mol. The number of hydrogen-bond acceptors (Lipinski definition) is 4. The number of H-pyrrole nitrogens is 1. The van der Waals surface area contributed by atoms with Crippen LogP contribution in [0.2, 0.25) is 0 Å². The molecule has 1 unspecified atom stereocenters. The van der Waals surface area contributed by atoms with Crippen molar-refractivity contribution in [1.29, 1.82) is 0 Å². The molecule has 1 aliphatic carbocycles. The second-order valence-corrected chi connectivity index (χ2v) is 9.70. The number of benzene rings is 1. The summed E-state index contributed by atoms with van der Waals surface area (Å²) in [6.07, 6.45) is -6.23. The van der Waals surface area contributed by atoms with Gasteiger partial charge in [-0.2, -0.15) is 31.4 Å². The smallest absolute Gasteiger partial charge is 0.277 e. The van der Waals surface area contributed by atoms with E-state index in [1.54, 1.807) is 0 Å². The van der Waals surface area contributed by atoms with Crippen LogP contribution in [0.4, 0.5) is 32.0 Å². The lowest BCUT2D eigenvalue weighted by molar-refractivity contribution is -0.141. The molecule has 1 aliphatic heterocycles. The minimum Gasteiger partial charge on any atom is -0.277 e. The van der Waals surface area contributed by atoms with Crippen LogP contribution >= 0.6 is 0 Å². The molecule has 2 aliphatic rings. The van der Waals surface area contributed by atoms with E-state index in [0.29, 0.717) is 36.4 Å². The van der Waals surface area contributed by atoms with Gasteiger partial charge in [-0.15, -0.1) is 0 Å². The SMILES string of the molecule is O=S(=O)(c1ccc(C(F)(F)F)nc1)N1c2cc(C(F)(F)F)ccc2-c2[nH]ncc2C1C1CC1. The Balaban J connectivity index is 1.71. The van der Waals surface area contributed by atoms with Crippen LogP contribution in [0.1, 0.15) is 35.7 Å². The van der Waals surface area contributed by atoms with Crippen LogP contribution in [0.3, 0.4) is 0 Å². The number of aromatic nitrogens is 3. The van der Waals surface area contributed by atoms with Crippen molar-refractivity contribution in [2.45, 2.75) is 36.1 Å². The minimum absolute atomic E-state index is 0.179. The van der Waals surface area contributed by atoms with Crippen molar-refractivity contribution in [3.63, 3.8) is 0 Å². The topological polar surface area (TPSA) is 79.0 Å². The Morgan fingerprint density at radius 2 is 1.70 bits per heavy atom. The Morgan fingerprint density at radius 3 is 2.27 bits per heavy atom. The average Bonchev–Trinajstić information content (AvgIpc) is 3.46. The Hall–Kier alpha value is -3.09. The Kier molecular flexibility index (Phi) is 4.58. The van der Waals surface area contributed by atoms with Gasteiger partial charge in [-0.25, -0.2) is 8.42 Å². The number of aromatic amines is 1. The van der Waals surface area contributed by atoms with Gasteiger partial charge in [-0.1, -0.05) is 6.07 Å². The summed E-state index contributed by atoms with van der Waals surface area (Å²) in [5.74, 6) is -0.179. The molecule has 3 heterocycles. The van der Waals surface area contributed by atoms with Crippen LogP contribution in [0, 0.1) is 5.92 Å². The zero-order chi connectivity index (χ0) is 23.8. The third kappa shape index (κ3) is 3.54. The number of fused-ring (bicyclic) bond motifs is 3. The first-order chi connectivity index (χ1) is 15.4. The van der Waals surface area contributed by atoms with Gasteiger partial charge in [0, 0.05) is 17.3 Å². The van der Waals surface area contributed by atoms with Crippen molar-refractivity contribution in [2.75, 3.05) is 4.31 Å². The van der Waals surface area contributed by atoms with Crippen molar-refractivity contribution in [2.24, 2.45) is 5.92 Å². The number of sulfonamides is 1. The van der Waals surface area contributed by atoms with Gasteiger partial charge in [0.2, 0.25) is 0 Å². The normalized spacial score (nSPS) is 18.7. The van der Waals surface area contributed by atoms with Crippen LogP contribution < -0.4 is 4.31 Å². The Labute approximate surface area is 183 Å². The summed E-state index contributed by atoms with van der Waals surface area (Å²) in [7, 11) is -4.58. The number of anilines is 1. The molecule has 0 bridgehead atoms. The fourth-order valence-electron chi connectivity index (χ4n) is 4.06. The second kappa shape index (κ2) is 6.95. The summed E-state index contributed by atoms with van der Waals surface area (Å²) >= 11 is 0. The standard InChI is InChI=1S/C20H14F6N4O2S/c21-19(22,23)11-3-5-13-15(7-11)30(18(10-1-2-10)14-9-28-29-17(13)14)33(31,32)12-4-6-16(27-8-12)20(24,25)26/h3-10,18H,1-2H2,(H,28,29). The lowest BCUT2D eigenvalue weighted by atomic mass is 9.92. The molecule has 1 N–H and O–H groups in total. The lowest BCUT2D eigenvalue weighted by Crippen LogP contribution is -2.39. The quantitative estimate of drug-likeness (QED) is 0.516. The maximum absolute atomic E-state index is 13.6. The molecule has 33 heavy (non-hydrogen) atoms. The summed E-state index contributed by atoms with van der Waals surface area (Å²) in [5.41, 5.74) is -1.46. The molecule has 0 saturated heterocycles. The molecule has 5 rings (SSSR count). The van der Waals surface area contributed by atoms with E-state index >= 15 is 0 Å². The molecule has 3 aromatic rings. The number of nitrogens with one attached hydrogen (secondary N) is 1. The lowest BCUT2D eigenvalue weighted by Gasteiger charge is -2.38. The molecular weight excluding hydrogens is 474 g/mol. The highest BCUT2D eigenvalue weighted by molar-refractivity contribution is 7.92. The van der Waals surface area contributed by atoms with Crippen LogP contribution in [0.5, 0.6) is 0 Å². The van der Waals surface area contributed by atoms with Crippen LogP contribution in [-0.2, 0) is 22.4 Å². The zero-order valence-corrected chi connectivity index (χ0v) is 17.3. The monoisotopic (exact) mass is 488 g/mol. The Morgan fingerprint density at radius 1 is 0.970 bits per heavy atom. The first-order valence-electron chi connectivity index (χ1n) is 9.71. The summed E-state index contributed by atoms with van der Waals surface area (Å²) < 4.78 is 107. The first-order valence-corrected chi connectivity index (χ1v) is 11.2. The van der Waals surface area contributed by atoms with Crippen LogP contribution in [0.25, 0.3) is 11.3 Å². The molecule has 1 fully saturated rings. The molecule has 6 nitrogen and oxygen atoms in total. The van der Waals surface area contributed by atoms with E-state index < -0.39 is 44.6 Å². The average molecular weight is 488 g/mol. The van der Waals surface area contributed by atoms with E-state index in [0.717, 1.165) is 28.6 Å². The molecule has 1 aromatic carbocycles. The maximum Gasteiger partial charge on any atom is 0.433 e. The number of hydrogen-bond donors (Lipinski definition) is 1. The van der Waals surface area contributed by atoms with E-state index in [1.165, 1.54) is 6.20 Å². The fraction of sp³-hybridized carbons (Fsp3) is 0.300. The highest BCUT2D eigenvalue weighted by Crippen LogP contribution is 2.55. The molecule has 0 radical (unpaired) electrons. The number of rotatable bonds is 3. The maximum atomic E-state index is 13.6. The van der Waals surface area contributed by atoms with Crippen molar-refractivity contribution < 1.29 is 34.8 Å². The minimum atomic E-state index is -4.77. The molecule has 1 saturated carbocycles. The predicted octanol–water partition coefficient (Wildman–Crippen LogP) is 5.17. The molecule has 2 aromatic heterocycles. The van der Waals surface area contributed by atoms with E-state index in [9.17, 15) is 34.8 Å². The second-order valence-electron chi connectivity index (χ2n) is 7.89. The van der Waals surface area contributed by atoms with Crippen molar-refractivity contribution in [1.82, 2.24) is 15.2 Å². The van der Waals surface area contributed by atoms with E-state index in [2.05, 4.69) is 15.2 Å². The number of alkyl halides is 6. The van der Waals surface area contributed by atoms with E-state index in [1.807, 2.05) is 0 Å². The van der Waals surface area contributed by atoms with Gasteiger partial charge < -0.3 is 0 Å². The molecule has 0 spiro atoms. The van der Waals surface area contributed by atoms with Gasteiger partial charge in [0.1, 0.15) is 10.6 Å². The van der Waals surface area contributed by atoms with E-state index in [4.69, 9.17) is 0 Å². The van der Waals surface area contributed by atoms with Gasteiger partial charge in [0.15, 0.2) is 0 Å². The molecular formula is C20H14F6N4O2S. The Bertz CT molecular complexity index is 1330. The van der Waals surface area contributed by atoms with Gasteiger partial charge in [-0.3, -0.25) is 14.4 Å². The van der Waals surface area contributed by atoms with Gasteiger partial charge >= 0.3 is 12.4 Å². The number of pyridine rings is 1. The van der Waals surface area contributed by atoms with Crippen LogP contribution in [-0.4, -0.2) is 23.6 Å². The third-order valence-corrected chi connectivity index (χ3v) is 7.50. The highest BCUT2D eigenvalue weighted by Gasteiger charge is 2.48. The van der Waals surface area contributed by atoms with E-state index in [-0.39, 0.29) is 17.2 Å². The highest BCUT2D eigenvalue weighted by atomic mass is 32.2. The number of nitrogens with zero attached hydrogens (tertiary/aromatic N) is 3. The fourth-order valence-corrected chi connectivity index (χ4v) is 5.71. The molecule has 174 valence electrons. The third-order valence-electron chi connectivity index (χ3n) is 5.72. The molecule has 0 amide bonds. The summed E-state index contributed by atoms with van der Waals surface area (Å²) in [4.78, 5) is 2.66. The van der Waals surface area contributed by atoms with Crippen molar-refractivity contribution >= 4 is 15.7 Å². The van der Waals surface area contributed by atoms with Gasteiger partial charge in [-0.05, 0) is 43.0 Å². The molecule has 1 atom stereocenters. The largest absolute Gasteiger partial charge is 0.433 e.